The third-order valence-electron chi connectivity index (χ3n) is 17.9. The molecule has 16 aromatic rings. The number of nitro groups is 3. The molecule has 0 aliphatic carbocycles. The second kappa shape index (κ2) is 43.0. The molecule has 0 atom stereocenters. The van der Waals surface area contributed by atoms with Crippen molar-refractivity contribution >= 4 is 188 Å². The lowest BCUT2D eigenvalue weighted by molar-refractivity contribution is -0.385. The van der Waals surface area contributed by atoms with E-state index in [1.165, 1.54) is 81.7 Å². The Morgan fingerprint density at radius 1 is 0.459 bits per heavy atom. The van der Waals surface area contributed by atoms with Crippen LogP contribution < -0.4 is 11.5 Å². The molecule has 19 nitrogen and oxygen atoms in total. The van der Waals surface area contributed by atoms with Crippen molar-refractivity contribution in [1.82, 2.24) is 19.9 Å². The van der Waals surface area contributed by atoms with Crippen molar-refractivity contribution in [3.8, 4) is 44.5 Å². The Kier molecular flexibility index (Phi) is 33.3. The van der Waals surface area contributed by atoms with Crippen LogP contribution in [-0.2, 0) is 46.2 Å². The zero-order valence-electron chi connectivity index (χ0n) is 64.4. The van der Waals surface area contributed by atoms with E-state index in [4.69, 9.17) is 72.1 Å². The van der Waals surface area contributed by atoms with Gasteiger partial charge >= 0.3 is 14.7 Å². The van der Waals surface area contributed by atoms with E-state index in [0.29, 0.717) is 132 Å². The fraction of sp³-hybridized carbons (Fsp3) is 0.135. The summed E-state index contributed by atoms with van der Waals surface area (Å²) in [7, 11) is -0.833. The Morgan fingerprint density at radius 2 is 0.746 bits per heavy atom. The molecule has 122 heavy (non-hydrogen) atoms. The number of hydrogen-bond donors (Lipinski definition) is 3. The Morgan fingerprint density at radius 3 is 1.05 bits per heavy atom. The predicted octanol–water partition coefficient (Wildman–Crippen LogP) is 27.4. The number of ether oxygens (including phenoxy) is 1. The number of nitrogens with two attached hydrogens (primary N) is 2. The lowest BCUT2D eigenvalue weighted by Crippen LogP contribution is -2.24. The largest absolute Gasteiger partial charge is 0.460 e. The molecule has 626 valence electrons. The quantitative estimate of drug-likeness (QED) is 0.0191. The summed E-state index contributed by atoms with van der Waals surface area (Å²) in [6, 6.07) is 60.9. The first-order valence-corrected chi connectivity index (χ1v) is 42.0. The van der Waals surface area contributed by atoms with Crippen molar-refractivity contribution in [3.05, 3.63) is 353 Å². The Balaban J connectivity index is 0.000000182. The first kappa shape index (κ1) is 94.5. The van der Waals surface area contributed by atoms with Crippen LogP contribution in [0.3, 0.4) is 0 Å². The first-order chi connectivity index (χ1) is 57.5. The molecule has 0 radical (unpaired) electrons. The summed E-state index contributed by atoms with van der Waals surface area (Å²) in [5.74, 6) is -1.87. The molecule has 0 bridgehead atoms. The molecular formula is C89H73Cl5F4N9O10PS4. The number of thiazole rings is 4. The molecule has 0 unspecified atom stereocenters. The summed E-state index contributed by atoms with van der Waals surface area (Å²) >= 11 is 30.0. The number of anilines is 2. The predicted molar refractivity (Wildman–Crippen MR) is 491 cm³/mol. The number of carbonyl (C=O) groups is 1. The Hall–Kier alpha value is -11.3. The number of nitro benzene ring substituents is 3. The topological polar surface area (TPSA) is 297 Å². The van der Waals surface area contributed by atoms with Gasteiger partial charge in [-0.25, -0.2) is 42.1 Å². The highest BCUT2D eigenvalue weighted by atomic mass is 35.5. The highest BCUT2D eigenvalue weighted by Gasteiger charge is 2.26. The number of esters is 1. The van der Waals surface area contributed by atoms with E-state index in [1.54, 1.807) is 171 Å². The maximum Gasteiger partial charge on any atom is 0.324 e. The normalized spacial score (nSPS) is 10.8. The minimum Gasteiger partial charge on any atom is -0.460 e. The third-order valence-corrected chi connectivity index (χ3v) is 22.2. The molecule has 16 rings (SSSR count). The van der Waals surface area contributed by atoms with Gasteiger partial charge in [-0.2, -0.15) is 0 Å². The molecule has 12 aromatic carbocycles. The summed E-state index contributed by atoms with van der Waals surface area (Å²) < 4.78 is 79.4. The van der Waals surface area contributed by atoms with Gasteiger partial charge in [0, 0.05) is 110 Å². The van der Waals surface area contributed by atoms with Crippen molar-refractivity contribution in [2.24, 2.45) is 0 Å². The van der Waals surface area contributed by atoms with Crippen molar-refractivity contribution in [1.29, 1.82) is 0 Å². The number of fused-ring (bicyclic) bond motifs is 4. The van der Waals surface area contributed by atoms with E-state index >= 15 is 17.6 Å². The van der Waals surface area contributed by atoms with Crippen LogP contribution in [-0.4, -0.2) is 51.2 Å². The summed E-state index contributed by atoms with van der Waals surface area (Å²) in [4.78, 5) is 68.1. The van der Waals surface area contributed by atoms with Crippen molar-refractivity contribution in [2.75, 3.05) is 11.5 Å². The lowest BCUT2D eigenvalue weighted by Gasteiger charge is -2.18. The van der Waals surface area contributed by atoms with Crippen LogP contribution >= 0.6 is 113 Å². The third kappa shape index (κ3) is 23.9. The fourth-order valence-electron chi connectivity index (χ4n) is 12.8. The Bertz CT molecular complexity index is 6470. The summed E-state index contributed by atoms with van der Waals surface area (Å²) in [6.07, 6.45) is 1.31. The second-order valence-corrected chi connectivity index (χ2v) is 33.1. The molecule has 0 aliphatic rings. The van der Waals surface area contributed by atoms with Crippen LogP contribution in [0.1, 0.15) is 91.6 Å². The smallest absolute Gasteiger partial charge is 0.324 e. The van der Waals surface area contributed by atoms with Crippen molar-refractivity contribution < 1.29 is 51.3 Å². The molecule has 0 saturated heterocycles. The van der Waals surface area contributed by atoms with Crippen LogP contribution in [0, 0.1) is 53.6 Å². The molecular weight excluding hydrogens is 1770 g/mol. The van der Waals surface area contributed by atoms with Crippen LogP contribution in [0.5, 0.6) is 0 Å². The number of rotatable bonds is 17. The SMILES string of the molecule is C.CC.CC(C)(C)OC(=O)Cc1nc2c(-c3cccc(Cl)c3)c(F)c(Cc3ccc([N+](=O)[O-])cc3)cc2s1.Cl.Nc1ccc(Cc2cc3scnc3c(-c3cccc(Cl)c3)c2F)cc1.Nc1nc2c(-c3cccc(Cl)c3)c(F)c(Cc3ccc([N+](=O)[O-])cc3)cc2s1.O=PO.O=[N+]([O-])c1ccc(Cc2cc3scnc3c(-c3cccc(Cl)c3)c2F)cc1. The van der Waals surface area contributed by atoms with Crippen molar-refractivity contribution in [3.63, 3.8) is 0 Å². The van der Waals surface area contributed by atoms with Gasteiger partial charge in [0.25, 0.3) is 17.1 Å². The summed E-state index contributed by atoms with van der Waals surface area (Å²) in [5, 5.41) is 35.5. The average Bonchev–Trinajstić information content (AvgIpc) is 1.57. The van der Waals surface area contributed by atoms with E-state index in [0.717, 1.165) is 46.6 Å². The molecule has 0 aliphatic heterocycles. The highest BCUT2D eigenvalue weighted by molar-refractivity contribution is 7.22. The van der Waals surface area contributed by atoms with Gasteiger partial charge in [-0.05, 0) is 172 Å². The van der Waals surface area contributed by atoms with Gasteiger partial charge < -0.3 is 21.1 Å². The van der Waals surface area contributed by atoms with Gasteiger partial charge in [-0.15, -0.1) is 46.4 Å². The number of carbonyl (C=O) groups excluding carboxylic acids is 1. The Labute approximate surface area is 741 Å². The van der Waals surface area contributed by atoms with E-state index in [1.807, 2.05) is 56.3 Å². The standard InChI is InChI=1S/C26H22ClFN2O4S.C20H13ClFN3O2S.C20H12ClFN2O2S.C20H14ClFN2S.C2H6.CH4.ClH.HO2P/c1-26(2,3)34-22(31)14-21-29-25-20(35-21)13-17(11-15-7-9-19(10-8-15)30(32)33)24(28)23(25)16-5-4-6-18(27)12-16;21-14-3-1-2-12(9-14)17-18(22)13(10-16-19(17)24-20(23)28-16)8-11-4-6-15(7-5-11)25(26)27;21-15-3-1-2-13(9-15)18-19(22)14(10-17-20(18)23-11-27-17)8-12-4-6-16(7-5-12)24(25)26;21-15-3-1-2-13(9-15)18-19(22)14(10-17-20(18)24-11-25-17)8-12-4-6-16(23)7-5-12;1-2;;;1-3-2/h4-10,12-13H,11,14H2,1-3H3;1-7,9-10H,8H2,(H2,23,24);1-7,9-11H,8H2;1-7,9-11H,8,23H2;1-2H3;1H4;1H;(H,1,2). The van der Waals surface area contributed by atoms with Gasteiger partial charge in [0.05, 0.1) is 73.1 Å². The fourth-order valence-corrected chi connectivity index (χ4v) is 16.9. The molecule has 4 heterocycles. The van der Waals surface area contributed by atoms with E-state index in [-0.39, 0.29) is 67.8 Å². The minimum absolute atomic E-state index is 0. The first-order valence-electron chi connectivity index (χ1n) is 36.3. The van der Waals surface area contributed by atoms with Gasteiger partial charge in [-0.1, -0.05) is 176 Å². The van der Waals surface area contributed by atoms with Crippen LogP contribution in [0.2, 0.25) is 20.1 Å². The number of benzene rings is 12. The zero-order valence-corrected chi connectivity index (χ0v) is 72.4. The second-order valence-electron chi connectivity index (χ2n) is 27.3. The molecule has 0 saturated carbocycles. The van der Waals surface area contributed by atoms with Crippen LogP contribution in [0.15, 0.2) is 229 Å². The van der Waals surface area contributed by atoms with Crippen LogP contribution in [0.4, 0.5) is 45.4 Å². The summed E-state index contributed by atoms with van der Waals surface area (Å²) in [5.41, 5.74) is 26.8. The maximum absolute atomic E-state index is 15.9. The van der Waals surface area contributed by atoms with Gasteiger partial charge in [0.1, 0.15) is 33.9 Å². The minimum atomic E-state index is -0.833. The highest BCUT2D eigenvalue weighted by Crippen LogP contribution is 2.43. The number of halogens is 9. The number of aromatic nitrogens is 4. The molecule has 33 heteroatoms. The van der Waals surface area contributed by atoms with Gasteiger partial charge in [-0.3, -0.25) is 35.1 Å². The number of nitrogen functional groups attached to an aromatic ring is 2. The molecule has 4 aromatic heterocycles. The summed E-state index contributed by atoms with van der Waals surface area (Å²) in [6.45, 7) is 9.38. The number of nitrogens with zero attached hydrogens (tertiary/aromatic N) is 7. The molecule has 5 N–H and O–H groups in total. The zero-order chi connectivity index (χ0) is 86.2. The maximum atomic E-state index is 15.9. The number of non-ortho nitro benzene ring substituents is 3. The molecule has 0 fully saturated rings. The van der Waals surface area contributed by atoms with Gasteiger partial charge in [0.15, 0.2) is 5.13 Å². The average molecular weight is 1840 g/mol. The van der Waals surface area contributed by atoms with Gasteiger partial charge in [0.2, 0.25) is 0 Å². The molecule has 0 amide bonds. The van der Waals surface area contributed by atoms with Crippen LogP contribution in [0.25, 0.3) is 85.4 Å². The lowest BCUT2D eigenvalue weighted by atomic mass is 9.97. The van der Waals surface area contributed by atoms with E-state index in [9.17, 15) is 35.1 Å². The van der Waals surface area contributed by atoms with E-state index < -0.39 is 46.7 Å². The van der Waals surface area contributed by atoms with Crippen molar-refractivity contribution in [2.45, 2.75) is 79.8 Å². The number of hydrogen-bond acceptors (Lipinski definition) is 19. The van der Waals surface area contributed by atoms with E-state index in [2.05, 4.69) is 19.9 Å². The molecule has 0 spiro atoms. The monoisotopic (exact) mass is 1840 g/mol.